The monoisotopic (exact) mass is 295 g/mol. The Labute approximate surface area is 123 Å². The molecule has 6 nitrogen and oxygen atoms in total. The quantitative estimate of drug-likeness (QED) is 0.802. The second kappa shape index (κ2) is 6.13. The van der Waals surface area contributed by atoms with Gasteiger partial charge in [-0.3, -0.25) is 4.79 Å². The molecule has 0 aliphatic carbocycles. The highest BCUT2D eigenvalue weighted by Gasteiger charge is 2.42. The lowest BCUT2D eigenvalue weighted by Gasteiger charge is -2.30. The van der Waals surface area contributed by atoms with Crippen molar-refractivity contribution in [3.8, 4) is 5.75 Å². The third-order valence-electron chi connectivity index (χ3n) is 2.78. The number of ether oxygens (including phenoxy) is 2. The van der Waals surface area contributed by atoms with Gasteiger partial charge >= 0.3 is 11.9 Å². The predicted molar refractivity (Wildman–Crippen MR) is 77.0 cm³/mol. The molecule has 1 aromatic rings. The molecule has 1 unspecified atom stereocenters. The molecule has 21 heavy (non-hydrogen) atoms. The highest BCUT2D eigenvalue weighted by molar-refractivity contribution is 5.88. The van der Waals surface area contributed by atoms with E-state index in [9.17, 15) is 9.59 Å². The van der Waals surface area contributed by atoms with Crippen LogP contribution in [0.5, 0.6) is 5.75 Å². The van der Waals surface area contributed by atoms with Crippen LogP contribution in [0.25, 0.3) is 0 Å². The van der Waals surface area contributed by atoms with Gasteiger partial charge < -0.3 is 20.3 Å². The summed E-state index contributed by atoms with van der Waals surface area (Å²) in [6, 6.07) is 6.43. The molecule has 0 bridgehead atoms. The number of methoxy groups -OCH3 is 1. The van der Waals surface area contributed by atoms with Gasteiger partial charge in [0.05, 0.1) is 13.5 Å². The smallest absolute Gasteiger partial charge is 0.331 e. The van der Waals surface area contributed by atoms with E-state index in [0.717, 1.165) is 0 Å². The van der Waals surface area contributed by atoms with Crippen LogP contribution in [0.2, 0.25) is 0 Å². The lowest BCUT2D eigenvalue weighted by atomic mass is 9.87. The fraction of sp³-hybridized carbons (Fsp3) is 0.467. The highest BCUT2D eigenvalue weighted by Crippen LogP contribution is 2.29. The van der Waals surface area contributed by atoms with Crippen LogP contribution in [0.1, 0.15) is 32.8 Å². The first kappa shape index (κ1) is 17.0. The van der Waals surface area contributed by atoms with Gasteiger partial charge in [0, 0.05) is 0 Å². The Balaban J connectivity index is 3.25. The zero-order chi connectivity index (χ0) is 16.3. The molecule has 3 N–H and O–H groups in total. The molecule has 6 heteroatoms. The van der Waals surface area contributed by atoms with Gasteiger partial charge in [-0.05, 0) is 38.5 Å². The molecular formula is C15H21NO5. The summed E-state index contributed by atoms with van der Waals surface area (Å²) in [6.45, 7) is 5.08. The Bertz CT molecular complexity index is 535. The second-order valence-electron chi connectivity index (χ2n) is 5.78. The number of hydrogen-bond acceptors (Lipinski definition) is 5. The van der Waals surface area contributed by atoms with Crippen molar-refractivity contribution in [2.45, 2.75) is 38.3 Å². The van der Waals surface area contributed by atoms with Crippen LogP contribution in [-0.4, -0.2) is 29.8 Å². The maximum absolute atomic E-state index is 12.4. The first-order chi connectivity index (χ1) is 9.58. The Hall–Kier alpha value is -2.08. The van der Waals surface area contributed by atoms with Gasteiger partial charge in [-0.15, -0.1) is 0 Å². The van der Waals surface area contributed by atoms with Crippen molar-refractivity contribution in [1.82, 2.24) is 0 Å². The third kappa shape index (κ3) is 4.46. The number of aliphatic carboxylic acids is 1. The zero-order valence-corrected chi connectivity index (χ0v) is 12.7. The number of rotatable bonds is 5. The molecule has 0 aromatic heterocycles. The third-order valence-corrected chi connectivity index (χ3v) is 2.78. The number of carboxylic acid groups (broad SMARTS) is 1. The van der Waals surface area contributed by atoms with Crippen molar-refractivity contribution in [3.05, 3.63) is 29.8 Å². The van der Waals surface area contributed by atoms with Crippen molar-refractivity contribution < 1.29 is 24.2 Å². The van der Waals surface area contributed by atoms with E-state index in [-0.39, 0.29) is 0 Å². The number of nitrogens with two attached hydrogens (primary N) is 1. The van der Waals surface area contributed by atoms with Crippen LogP contribution >= 0.6 is 0 Å². The molecule has 1 rings (SSSR count). The molecule has 0 spiro atoms. The van der Waals surface area contributed by atoms with E-state index >= 15 is 0 Å². The molecule has 0 saturated carbocycles. The summed E-state index contributed by atoms with van der Waals surface area (Å²) in [5.41, 5.74) is 3.88. The minimum absolute atomic E-state index is 0.332. The highest BCUT2D eigenvalue weighted by atomic mass is 16.6. The number of carboxylic acids is 1. The fourth-order valence-electron chi connectivity index (χ4n) is 1.80. The maximum Gasteiger partial charge on any atom is 0.331 e. The van der Waals surface area contributed by atoms with E-state index in [0.29, 0.717) is 11.3 Å². The van der Waals surface area contributed by atoms with E-state index in [1.807, 2.05) is 0 Å². The average Bonchev–Trinajstić information content (AvgIpc) is 2.35. The standard InChI is InChI=1S/C15H21NO5/c1-14(2,3)21-13(19)15(16,9-12(17)18)10-6-5-7-11(8-10)20-4/h5-8H,9,16H2,1-4H3,(H,17,18). The number of esters is 1. The predicted octanol–water partition coefficient (Wildman–Crippen LogP) is 1.67. The van der Waals surface area contributed by atoms with Crippen LogP contribution in [0, 0.1) is 0 Å². The molecule has 0 radical (unpaired) electrons. The topological polar surface area (TPSA) is 98.9 Å². The van der Waals surface area contributed by atoms with E-state index in [2.05, 4.69) is 0 Å². The van der Waals surface area contributed by atoms with E-state index < -0.39 is 29.5 Å². The molecule has 0 heterocycles. The molecule has 0 amide bonds. The average molecular weight is 295 g/mol. The van der Waals surface area contributed by atoms with Crippen molar-refractivity contribution >= 4 is 11.9 Å². The number of carbonyl (C=O) groups is 2. The number of hydrogen-bond donors (Lipinski definition) is 2. The summed E-state index contributed by atoms with van der Waals surface area (Å²) in [5.74, 6) is -1.49. The Kier molecular flexibility index (Phi) is 4.96. The summed E-state index contributed by atoms with van der Waals surface area (Å²) in [5, 5.41) is 9.07. The Morgan fingerprint density at radius 3 is 2.38 bits per heavy atom. The SMILES string of the molecule is COc1cccc(C(N)(CC(=O)O)C(=O)OC(C)(C)C)c1. The first-order valence-corrected chi connectivity index (χ1v) is 6.47. The molecule has 1 aromatic carbocycles. The van der Waals surface area contributed by atoms with Crippen molar-refractivity contribution in [1.29, 1.82) is 0 Å². The molecule has 0 saturated heterocycles. The van der Waals surface area contributed by atoms with Crippen LogP contribution in [0.3, 0.4) is 0 Å². The minimum atomic E-state index is -1.77. The van der Waals surface area contributed by atoms with E-state index in [1.165, 1.54) is 13.2 Å². The summed E-state index contributed by atoms with van der Waals surface area (Å²) < 4.78 is 10.3. The Morgan fingerprint density at radius 2 is 1.90 bits per heavy atom. The van der Waals surface area contributed by atoms with Crippen molar-refractivity contribution in [2.24, 2.45) is 5.73 Å². The normalized spacial score (nSPS) is 14.1. The number of benzene rings is 1. The molecule has 1 atom stereocenters. The minimum Gasteiger partial charge on any atom is -0.497 e. The summed E-state index contributed by atoms with van der Waals surface area (Å²) in [4.78, 5) is 23.5. The van der Waals surface area contributed by atoms with Gasteiger partial charge in [-0.25, -0.2) is 4.79 Å². The van der Waals surface area contributed by atoms with Crippen LogP contribution in [0.15, 0.2) is 24.3 Å². The van der Waals surface area contributed by atoms with E-state index in [4.69, 9.17) is 20.3 Å². The van der Waals surface area contributed by atoms with Gasteiger partial charge in [0.25, 0.3) is 0 Å². The van der Waals surface area contributed by atoms with Gasteiger partial charge in [0.1, 0.15) is 11.4 Å². The fourth-order valence-corrected chi connectivity index (χ4v) is 1.80. The first-order valence-electron chi connectivity index (χ1n) is 6.47. The second-order valence-corrected chi connectivity index (χ2v) is 5.78. The van der Waals surface area contributed by atoms with Gasteiger partial charge in [0.2, 0.25) is 0 Å². The van der Waals surface area contributed by atoms with Crippen LogP contribution in [-0.2, 0) is 19.9 Å². The molecular weight excluding hydrogens is 274 g/mol. The summed E-state index contributed by atoms with van der Waals surface area (Å²) in [6.07, 6.45) is -0.574. The number of carbonyl (C=O) groups excluding carboxylic acids is 1. The zero-order valence-electron chi connectivity index (χ0n) is 12.7. The molecule has 0 aliphatic heterocycles. The van der Waals surface area contributed by atoms with Gasteiger partial charge in [0.15, 0.2) is 5.54 Å². The lowest BCUT2D eigenvalue weighted by Crippen LogP contribution is -2.49. The lowest BCUT2D eigenvalue weighted by molar-refractivity contribution is -0.165. The largest absolute Gasteiger partial charge is 0.497 e. The van der Waals surface area contributed by atoms with Crippen molar-refractivity contribution in [3.63, 3.8) is 0 Å². The molecule has 116 valence electrons. The van der Waals surface area contributed by atoms with E-state index in [1.54, 1.807) is 39.0 Å². The Morgan fingerprint density at radius 1 is 1.29 bits per heavy atom. The molecule has 0 fully saturated rings. The van der Waals surface area contributed by atoms with Crippen molar-refractivity contribution in [2.75, 3.05) is 7.11 Å². The summed E-state index contributed by atoms with van der Waals surface area (Å²) >= 11 is 0. The van der Waals surface area contributed by atoms with Gasteiger partial charge in [-0.2, -0.15) is 0 Å². The van der Waals surface area contributed by atoms with Gasteiger partial charge in [-0.1, -0.05) is 12.1 Å². The maximum atomic E-state index is 12.4. The molecule has 0 aliphatic rings. The van der Waals surface area contributed by atoms with Crippen LogP contribution in [0.4, 0.5) is 0 Å². The summed E-state index contributed by atoms with van der Waals surface area (Å²) in [7, 11) is 1.47. The van der Waals surface area contributed by atoms with Crippen LogP contribution < -0.4 is 10.5 Å².